The molecule has 0 saturated heterocycles. The molecule has 0 aliphatic heterocycles. The highest BCUT2D eigenvalue weighted by Gasteiger charge is 2.17. The number of halogens is 2. The Labute approximate surface area is 132 Å². The molecule has 2 aromatic rings. The molecule has 3 rings (SSSR count). The molecule has 0 fully saturated rings. The number of aliphatic hydroxyl groups excluding tert-OH is 1. The van der Waals surface area contributed by atoms with Gasteiger partial charge in [-0.3, -0.25) is 0 Å². The van der Waals surface area contributed by atoms with Gasteiger partial charge in [-0.2, -0.15) is 0 Å². The van der Waals surface area contributed by atoms with Crippen LogP contribution in [0.5, 0.6) is 0 Å². The number of benzene rings is 2. The van der Waals surface area contributed by atoms with Crippen LogP contribution in [0.4, 0.5) is 0 Å². The van der Waals surface area contributed by atoms with E-state index in [0.29, 0.717) is 5.02 Å². The first kappa shape index (κ1) is 14.1. The highest BCUT2D eigenvalue weighted by molar-refractivity contribution is 9.10. The van der Waals surface area contributed by atoms with Gasteiger partial charge in [-0.25, -0.2) is 0 Å². The molecule has 1 atom stereocenters. The lowest BCUT2D eigenvalue weighted by Crippen LogP contribution is -2.06. The Hall–Kier alpha value is -0.830. The SMILES string of the molecule is OC(c1ccc2c(c1)CCCC2)c1ccc(Br)cc1Cl. The Kier molecular flexibility index (Phi) is 4.16. The van der Waals surface area contributed by atoms with Gasteiger partial charge in [0.05, 0.1) is 0 Å². The molecule has 3 heteroatoms. The molecular formula is C17H16BrClO. The van der Waals surface area contributed by atoms with E-state index in [4.69, 9.17) is 11.6 Å². The molecule has 1 aliphatic rings. The summed E-state index contributed by atoms with van der Waals surface area (Å²) in [6, 6.07) is 11.9. The van der Waals surface area contributed by atoms with Crippen LogP contribution in [0.3, 0.4) is 0 Å². The van der Waals surface area contributed by atoms with Crippen LogP contribution >= 0.6 is 27.5 Å². The van der Waals surface area contributed by atoms with Crippen LogP contribution in [-0.2, 0) is 12.8 Å². The summed E-state index contributed by atoms with van der Waals surface area (Å²) >= 11 is 9.61. The maximum atomic E-state index is 10.6. The molecule has 104 valence electrons. The van der Waals surface area contributed by atoms with Crippen molar-refractivity contribution in [1.29, 1.82) is 0 Å². The highest BCUT2D eigenvalue weighted by Crippen LogP contribution is 2.32. The molecule has 0 spiro atoms. The van der Waals surface area contributed by atoms with E-state index in [9.17, 15) is 5.11 Å². The Morgan fingerprint density at radius 2 is 1.75 bits per heavy atom. The second-order valence-corrected chi connectivity index (χ2v) is 6.63. The molecule has 0 heterocycles. The normalized spacial score (nSPS) is 15.8. The van der Waals surface area contributed by atoms with Crippen LogP contribution in [-0.4, -0.2) is 5.11 Å². The summed E-state index contributed by atoms with van der Waals surface area (Å²) in [6.45, 7) is 0. The summed E-state index contributed by atoms with van der Waals surface area (Å²) in [5, 5.41) is 11.2. The highest BCUT2D eigenvalue weighted by atomic mass is 79.9. The lowest BCUT2D eigenvalue weighted by Gasteiger charge is -2.19. The van der Waals surface area contributed by atoms with E-state index in [1.54, 1.807) is 0 Å². The van der Waals surface area contributed by atoms with Crippen LogP contribution in [0.1, 0.15) is 41.2 Å². The van der Waals surface area contributed by atoms with Crippen molar-refractivity contribution in [3.8, 4) is 0 Å². The first-order chi connectivity index (χ1) is 9.65. The predicted octanol–water partition coefficient (Wildman–Crippen LogP) is 5.06. The standard InChI is InChI=1S/C17H16BrClO/c18-14-7-8-15(16(19)10-14)17(20)13-6-5-11-3-1-2-4-12(11)9-13/h5-10,17,20H,1-4H2. The zero-order valence-electron chi connectivity index (χ0n) is 11.1. The average molecular weight is 352 g/mol. The van der Waals surface area contributed by atoms with Gasteiger partial charge in [-0.15, -0.1) is 0 Å². The van der Waals surface area contributed by atoms with E-state index in [1.807, 2.05) is 24.3 Å². The number of rotatable bonds is 2. The van der Waals surface area contributed by atoms with Gasteiger partial charge in [0.25, 0.3) is 0 Å². The largest absolute Gasteiger partial charge is 0.384 e. The second-order valence-electron chi connectivity index (χ2n) is 5.30. The Morgan fingerprint density at radius 1 is 1.00 bits per heavy atom. The number of fused-ring (bicyclic) bond motifs is 1. The van der Waals surface area contributed by atoms with Crippen molar-refractivity contribution in [1.82, 2.24) is 0 Å². The van der Waals surface area contributed by atoms with Crippen LogP contribution in [0.25, 0.3) is 0 Å². The number of hydrogen-bond acceptors (Lipinski definition) is 1. The van der Waals surface area contributed by atoms with Gasteiger partial charge in [-0.05, 0) is 54.5 Å². The van der Waals surface area contributed by atoms with Crippen LogP contribution in [0.15, 0.2) is 40.9 Å². The summed E-state index contributed by atoms with van der Waals surface area (Å²) in [5.74, 6) is 0. The Balaban J connectivity index is 1.95. The van der Waals surface area contributed by atoms with E-state index in [-0.39, 0.29) is 0 Å². The summed E-state index contributed by atoms with van der Waals surface area (Å²) in [7, 11) is 0. The first-order valence-corrected chi connectivity index (χ1v) is 8.07. The quantitative estimate of drug-likeness (QED) is 0.801. The second kappa shape index (κ2) is 5.88. The van der Waals surface area contributed by atoms with Crippen LogP contribution in [0, 0.1) is 0 Å². The van der Waals surface area contributed by atoms with E-state index in [1.165, 1.54) is 24.0 Å². The minimum absolute atomic E-state index is 0.588. The maximum Gasteiger partial charge on any atom is 0.105 e. The van der Waals surface area contributed by atoms with Gasteiger partial charge in [0.2, 0.25) is 0 Å². The average Bonchev–Trinajstić information content (AvgIpc) is 2.46. The molecule has 1 nitrogen and oxygen atoms in total. The number of hydrogen-bond donors (Lipinski definition) is 1. The number of aryl methyl sites for hydroxylation is 2. The molecule has 1 N–H and O–H groups in total. The topological polar surface area (TPSA) is 20.2 Å². The molecule has 1 unspecified atom stereocenters. The van der Waals surface area contributed by atoms with Gasteiger partial charge >= 0.3 is 0 Å². The molecular weight excluding hydrogens is 336 g/mol. The molecule has 0 aromatic heterocycles. The summed E-state index contributed by atoms with van der Waals surface area (Å²) in [4.78, 5) is 0. The van der Waals surface area contributed by atoms with Crippen molar-refractivity contribution in [3.05, 3.63) is 68.1 Å². The molecule has 0 saturated carbocycles. The van der Waals surface area contributed by atoms with Crippen molar-refractivity contribution in [2.45, 2.75) is 31.8 Å². The minimum Gasteiger partial charge on any atom is -0.384 e. The predicted molar refractivity (Wildman–Crippen MR) is 86.3 cm³/mol. The summed E-state index contributed by atoms with van der Waals surface area (Å²) in [5.41, 5.74) is 4.48. The van der Waals surface area contributed by atoms with Crippen molar-refractivity contribution in [2.24, 2.45) is 0 Å². The molecule has 20 heavy (non-hydrogen) atoms. The van der Waals surface area contributed by atoms with Gasteiger partial charge in [0, 0.05) is 15.1 Å². The van der Waals surface area contributed by atoms with Crippen LogP contribution in [0.2, 0.25) is 5.02 Å². The van der Waals surface area contributed by atoms with Crippen molar-refractivity contribution in [2.75, 3.05) is 0 Å². The minimum atomic E-state index is -0.664. The third-order valence-electron chi connectivity index (χ3n) is 3.95. The van der Waals surface area contributed by atoms with Gasteiger partial charge in [-0.1, -0.05) is 51.8 Å². The molecule has 2 aromatic carbocycles. The van der Waals surface area contributed by atoms with Gasteiger partial charge in [0.15, 0.2) is 0 Å². The van der Waals surface area contributed by atoms with E-state index < -0.39 is 6.10 Å². The lowest BCUT2D eigenvalue weighted by molar-refractivity contribution is 0.220. The first-order valence-electron chi connectivity index (χ1n) is 6.90. The lowest BCUT2D eigenvalue weighted by atomic mass is 9.88. The molecule has 0 amide bonds. The third-order valence-corrected chi connectivity index (χ3v) is 4.77. The zero-order valence-corrected chi connectivity index (χ0v) is 13.4. The van der Waals surface area contributed by atoms with E-state index in [0.717, 1.165) is 28.4 Å². The van der Waals surface area contributed by atoms with Gasteiger partial charge in [0.1, 0.15) is 6.10 Å². The van der Waals surface area contributed by atoms with Crippen molar-refractivity contribution < 1.29 is 5.11 Å². The van der Waals surface area contributed by atoms with E-state index in [2.05, 4.69) is 28.1 Å². The Morgan fingerprint density at radius 3 is 2.50 bits per heavy atom. The summed E-state index contributed by atoms with van der Waals surface area (Å²) < 4.78 is 0.920. The van der Waals surface area contributed by atoms with Gasteiger partial charge < -0.3 is 5.11 Å². The zero-order chi connectivity index (χ0) is 14.1. The third kappa shape index (κ3) is 2.78. The number of aliphatic hydroxyl groups is 1. The fraction of sp³-hybridized carbons (Fsp3) is 0.294. The van der Waals surface area contributed by atoms with Crippen LogP contribution < -0.4 is 0 Å². The summed E-state index contributed by atoms with van der Waals surface area (Å²) in [6.07, 6.45) is 4.12. The fourth-order valence-electron chi connectivity index (χ4n) is 2.83. The fourth-order valence-corrected chi connectivity index (χ4v) is 3.60. The molecule has 0 radical (unpaired) electrons. The Bertz CT molecular complexity index is 639. The maximum absolute atomic E-state index is 10.6. The van der Waals surface area contributed by atoms with Crippen molar-refractivity contribution >= 4 is 27.5 Å². The van der Waals surface area contributed by atoms with E-state index >= 15 is 0 Å². The monoisotopic (exact) mass is 350 g/mol. The smallest absolute Gasteiger partial charge is 0.105 e. The van der Waals surface area contributed by atoms with Crippen molar-refractivity contribution in [3.63, 3.8) is 0 Å². The molecule has 0 bridgehead atoms. The molecule has 1 aliphatic carbocycles.